The molecule has 1 amide bonds. The second kappa shape index (κ2) is 7.32. The van der Waals surface area contributed by atoms with Crippen LogP contribution < -0.4 is 5.73 Å². The van der Waals surface area contributed by atoms with E-state index in [9.17, 15) is 13.6 Å². The lowest BCUT2D eigenvalue weighted by Gasteiger charge is -2.18. The van der Waals surface area contributed by atoms with Crippen LogP contribution >= 0.6 is 11.8 Å². The first-order valence-corrected chi connectivity index (χ1v) is 8.58. The number of halogens is 2. The summed E-state index contributed by atoms with van der Waals surface area (Å²) in [6.07, 6.45) is 0. The highest BCUT2D eigenvalue weighted by atomic mass is 32.2. The topological polar surface area (TPSA) is 46.3 Å². The van der Waals surface area contributed by atoms with Gasteiger partial charge < -0.3 is 10.6 Å². The average Bonchev–Trinajstić information content (AvgIpc) is 2.97. The molecule has 1 heterocycles. The van der Waals surface area contributed by atoms with Crippen LogP contribution in [0.2, 0.25) is 0 Å². The fraction of sp³-hybridized carbons (Fsp3) is 0.278. The SMILES string of the molecule is N[C@@H]1CN(C(=O)c2ccccc2SC(F)F)C[C@H]1c1ccccc1. The van der Waals surface area contributed by atoms with Crippen molar-refractivity contribution in [2.45, 2.75) is 22.6 Å². The van der Waals surface area contributed by atoms with E-state index < -0.39 is 5.76 Å². The number of hydrogen-bond acceptors (Lipinski definition) is 3. The first-order chi connectivity index (χ1) is 11.6. The number of alkyl halides is 2. The molecular formula is C18H18F2N2OS. The number of benzene rings is 2. The quantitative estimate of drug-likeness (QED) is 0.859. The molecule has 0 spiro atoms. The lowest BCUT2D eigenvalue weighted by Crippen LogP contribution is -2.32. The molecule has 126 valence electrons. The number of nitrogens with zero attached hydrogens (tertiary/aromatic N) is 1. The lowest BCUT2D eigenvalue weighted by atomic mass is 9.95. The van der Waals surface area contributed by atoms with Crippen LogP contribution in [0.15, 0.2) is 59.5 Å². The van der Waals surface area contributed by atoms with E-state index in [1.165, 1.54) is 0 Å². The van der Waals surface area contributed by atoms with Crippen LogP contribution in [0.1, 0.15) is 21.8 Å². The van der Waals surface area contributed by atoms with E-state index in [2.05, 4.69) is 0 Å². The number of carbonyl (C=O) groups excluding carboxylic acids is 1. The van der Waals surface area contributed by atoms with Crippen molar-refractivity contribution in [3.63, 3.8) is 0 Å². The predicted molar refractivity (Wildman–Crippen MR) is 91.4 cm³/mol. The Labute approximate surface area is 143 Å². The molecule has 3 nitrogen and oxygen atoms in total. The standard InChI is InChI=1S/C18H18F2N2OS/c19-18(20)24-16-9-5-4-8-13(16)17(23)22-10-14(15(21)11-22)12-6-2-1-3-7-12/h1-9,14-15,18H,10-11,21H2/t14-,15+/m0/s1. The summed E-state index contributed by atoms with van der Waals surface area (Å²) >= 11 is 0.398. The van der Waals surface area contributed by atoms with E-state index in [0.29, 0.717) is 35.3 Å². The Morgan fingerprint density at radius 1 is 1.08 bits per heavy atom. The Morgan fingerprint density at radius 3 is 2.46 bits per heavy atom. The molecule has 2 N–H and O–H groups in total. The second-order valence-electron chi connectivity index (χ2n) is 5.77. The molecule has 24 heavy (non-hydrogen) atoms. The van der Waals surface area contributed by atoms with Gasteiger partial charge in [-0.1, -0.05) is 54.2 Å². The molecule has 0 aliphatic carbocycles. The molecule has 2 aromatic carbocycles. The largest absolute Gasteiger partial charge is 0.336 e. The van der Waals surface area contributed by atoms with Crippen molar-refractivity contribution in [1.82, 2.24) is 4.90 Å². The molecule has 1 fully saturated rings. The van der Waals surface area contributed by atoms with Gasteiger partial charge >= 0.3 is 0 Å². The summed E-state index contributed by atoms with van der Waals surface area (Å²) in [6.45, 7) is 0.920. The van der Waals surface area contributed by atoms with E-state index in [-0.39, 0.29) is 17.9 Å². The van der Waals surface area contributed by atoms with Crippen molar-refractivity contribution in [1.29, 1.82) is 0 Å². The minimum Gasteiger partial charge on any atom is -0.336 e. The maximum atomic E-state index is 12.8. The van der Waals surface area contributed by atoms with E-state index >= 15 is 0 Å². The summed E-state index contributed by atoms with van der Waals surface area (Å²) in [4.78, 5) is 14.7. The van der Waals surface area contributed by atoms with Crippen molar-refractivity contribution in [3.05, 3.63) is 65.7 Å². The number of hydrogen-bond donors (Lipinski definition) is 1. The Balaban J connectivity index is 1.80. The monoisotopic (exact) mass is 348 g/mol. The summed E-state index contributed by atoms with van der Waals surface area (Å²) in [5.74, 6) is -2.74. The lowest BCUT2D eigenvalue weighted by molar-refractivity contribution is 0.0785. The summed E-state index contributed by atoms with van der Waals surface area (Å²) < 4.78 is 25.4. The van der Waals surface area contributed by atoms with Crippen molar-refractivity contribution >= 4 is 17.7 Å². The van der Waals surface area contributed by atoms with Gasteiger partial charge in [-0.2, -0.15) is 8.78 Å². The summed E-state index contributed by atoms with van der Waals surface area (Å²) in [5, 5.41) is 0. The smallest absolute Gasteiger partial charge is 0.288 e. The highest BCUT2D eigenvalue weighted by Crippen LogP contribution is 2.32. The van der Waals surface area contributed by atoms with E-state index in [4.69, 9.17) is 5.73 Å². The van der Waals surface area contributed by atoms with Crippen LogP contribution in [0.4, 0.5) is 8.78 Å². The van der Waals surface area contributed by atoms with Crippen LogP contribution in [0, 0.1) is 0 Å². The molecule has 3 rings (SSSR count). The summed E-state index contributed by atoms with van der Waals surface area (Å²) in [5.41, 5.74) is 7.62. The second-order valence-corrected chi connectivity index (χ2v) is 6.80. The minimum absolute atomic E-state index is 0.0602. The van der Waals surface area contributed by atoms with Crippen molar-refractivity contribution in [2.24, 2.45) is 5.73 Å². The van der Waals surface area contributed by atoms with Gasteiger partial charge in [-0.05, 0) is 17.7 Å². The van der Waals surface area contributed by atoms with Gasteiger partial charge in [0, 0.05) is 29.9 Å². The molecule has 0 saturated carbocycles. The summed E-state index contributed by atoms with van der Waals surface area (Å²) in [7, 11) is 0. The highest BCUT2D eigenvalue weighted by molar-refractivity contribution is 7.99. The molecule has 0 unspecified atom stereocenters. The van der Waals surface area contributed by atoms with Gasteiger partial charge in [-0.25, -0.2) is 0 Å². The highest BCUT2D eigenvalue weighted by Gasteiger charge is 2.34. The molecule has 6 heteroatoms. The van der Waals surface area contributed by atoms with E-state index in [0.717, 1.165) is 5.56 Å². The van der Waals surface area contributed by atoms with Gasteiger partial charge in [0.05, 0.1) is 5.56 Å². The molecule has 1 aliphatic rings. The fourth-order valence-corrected chi connectivity index (χ4v) is 3.69. The maximum absolute atomic E-state index is 12.8. The number of likely N-dealkylation sites (tertiary alicyclic amines) is 1. The van der Waals surface area contributed by atoms with Crippen LogP contribution in [-0.2, 0) is 0 Å². The number of thioether (sulfide) groups is 1. The number of rotatable bonds is 4. The Kier molecular flexibility index (Phi) is 5.16. The molecule has 2 aromatic rings. The molecule has 1 saturated heterocycles. The van der Waals surface area contributed by atoms with Crippen LogP contribution in [0.5, 0.6) is 0 Å². The van der Waals surface area contributed by atoms with Gasteiger partial charge in [0.25, 0.3) is 11.7 Å². The molecule has 1 aliphatic heterocycles. The Morgan fingerprint density at radius 2 is 1.75 bits per heavy atom. The number of amides is 1. The van der Waals surface area contributed by atoms with Crippen molar-refractivity contribution in [2.75, 3.05) is 13.1 Å². The first-order valence-electron chi connectivity index (χ1n) is 7.70. The average molecular weight is 348 g/mol. The zero-order valence-electron chi connectivity index (χ0n) is 12.9. The van der Waals surface area contributed by atoms with Gasteiger partial charge in [-0.15, -0.1) is 0 Å². The maximum Gasteiger partial charge on any atom is 0.288 e. The normalized spacial score (nSPS) is 20.6. The van der Waals surface area contributed by atoms with Crippen LogP contribution in [0.3, 0.4) is 0 Å². The molecule has 0 radical (unpaired) electrons. The molecule has 2 atom stereocenters. The molecule has 0 aromatic heterocycles. The van der Waals surface area contributed by atoms with Gasteiger partial charge in [0.15, 0.2) is 0 Å². The third-order valence-corrected chi connectivity index (χ3v) is 5.00. The summed E-state index contributed by atoms with van der Waals surface area (Å²) in [6, 6.07) is 16.2. The van der Waals surface area contributed by atoms with Crippen LogP contribution in [0.25, 0.3) is 0 Å². The third-order valence-electron chi connectivity index (χ3n) is 4.21. The zero-order valence-corrected chi connectivity index (χ0v) is 13.8. The number of nitrogens with two attached hydrogens (primary N) is 1. The zero-order chi connectivity index (χ0) is 17.1. The first kappa shape index (κ1) is 16.9. The van der Waals surface area contributed by atoms with Gasteiger partial charge in [0.1, 0.15) is 0 Å². The third kappa shape index (κ3) is 3.60. The van der Waals surface area contributed by atoms with Gasteiger partial charge in [-0.3, -0.25) is 4.79 Å². The van der Waals surface area contributed by atoms with E-state index in [1.807, 2.05) is 30.3 Å². The molecular weight excluding hydrogens is 330 g/mol. The molecule has 0 bridgehead atoms. The van der Waals surface area contributed by atoms with Crippen molar-refractivity contribution in [3.8, 4) is 0 Å². The van der Waals surface area contributed by atoms with Gasteiger partial charge in [0.2, 0.25) is 0 Å². The van der Waals surface area contributed by atoms with E-state index in [1.54, 1.807) is 29.2 Å². The predicted octanol–water partition coefficient (Wildman–Crippen LogP) is 3.57. The minimum atomic E-state index is -2.56. The Hall–Kier alpha value is -1.92. The fourth-order valence-electron chi connectivity index (χ4n) is 3.06. The number of carbonyl (C=O) groups is 1. The van der Waals surface area contributed by atoms with Crippen LogP contribution in [-0.4, -0.2) is 35.7 Å². The Bertz CT molecular complexity index is 711. The van der Waals surface area contributed by atoms with Crippen molar-refractivity contribution < 1.29 is 13.6 Å².